The molecule has 0 aromatic carbocycles. The van der Waals surface area contributed by atoms with Crippen molar-refractivity contribution in [1.82, 2.24) is 10.3 Å². The average molecular weight is 214 g/mol. The van der Waals surface area contributed by atoms with Crippen molar-refractivity contribution in [3.8, 4) is 0 Å². The highest BCUT2D eigenvalue weighted by atomic mass is 32.1. The molecule has 1 unspecified atom stereocenters. The van der Waals surface area contributed by atoms with Crippen LogP contribution in [0.15, 0.2) is 10.9 Å². The van der Waals surface area contributed by atoms with Gasteiger partial charge in [0.05, 0.1) is 17.7 Å². The van der Waals surface area contributed by atoms with E-state index in [-0.39, 0.29) is 6.54 Å². The Bertz CT molecular complexity index is 323. The minimum atomic E-state index is -1.12. The molecule has 0 fully saturated rings. The third-order valence-electron chi connectivity index (χ3n) is 1.69. The summed E-state index contributed by atoms with van der Waals surface area (Å²) in [6.45, 7) is 1.62. The molecule has 0 spiro atoms. The van der Waals surface area contributed by atoms with Crippen molar-refractivity contribution in [3.63, 3.8) is 0 Å². The van der Waals surface area contributed by atoms with E-state index in [2.05, 4.69) is 10.3 Å². The number of carboxylic acid groups (broad SMARTS) is 1. The maximum atomic E-state index is 11.2. The fourth-order valence-corrected chi connectivity index (χ4v) is 1.33. The summed E-state index contributed by atoms with van der Waals surface area (Å²) in [5, 5.41) is 12.8. The number of aromatic nitrogens is 1. The third kappa shape index (κ3) is 2.81. The van der Waals surface area contributed by atoms with E-state index in [1.54, 1.807) is 10.9 Å². The van der Waals surface area contributed by atoms with Crippen molar-refractivity contribution in [2.75, 3.05) is 0 Å². The standard InChI is InChI=1S/C8H10N2O3S/c1-5(8(12)13)7(11)9-2-6-3-14-4-10-6/h3-5H,2H2,1H3,(H,9,11)(H,12,13). The summed E-state index contributed by atoms with van der Waals surface area (Å²) in [4.78, 5) is 25.5. The van der Waals surface area contributed by atoms with Crippen molar-refractivity contribution < 1.29 is 14.7 Å². The Balaban J connectivity index is 2.39. The van der Waals surface area contributed by atoms with Crippen LogP contribution in [-0.4, -0.2) is 22.0 Å². The molecule has 0 aliphatic carbocycles. The van der Waals surface area contributed by atoms with E-state index in [1.165, 1.54) is 18.3 Å². The molecule has 0 aliphatic rings. The van der Waals surface area contributed by atoms with Crippen LogP contribution in [0.1, 0.15) is 12.6 Å². The second kappa shape index (κ2) is 4.71. The lowest BCUT2D eigenvalue weighted by atomic mass is 10.2. The van der Waals surface area contributed by atoms with Gasteiger partial charge in [0.1, 0.15) is 5.92 Å². The quantitative estimate of drug-likeness (QED) is 0.714. The van der Waals surface area contributed by atoms with Crippen LogP contribution < -0.4 is 5.32 Å². The number of nitrogens with zero attached hydrogens (tertiary/aromatic N) is 1. The van der Waals surface area contributed by atoms with Gasteiger partial charge in [-0.25, -0.2) is 4.98 Å². The predicted octanol–water partition coefficient (Wildman–Crippen LogP) is 0.480. The molecule has 6 heteroatoms. The Hall–Kier alpha value is -1.43. The summed E-state index contributed by atoms with van der Waals surface area (Å²) in [6, 6.07) is 0. The van der Waals surface area contributed by atoms with E-state index in [1.807, 2.05) is 0 Å². The maximum absolute atomic E-state index is 11.2. The second-order valence-corrected chi connectivity index (χ2v) is 3.48. The molecule has 0 radical (unpaired) electrons. The molecule has 76 valence electrons. The Labute approximate surface area is 84.8 Å². The minimum Gasteiger partial charge on any atom is -0.481 e. The molecular weight excluding hydrogens is 204 g/mol. The van der Waals surface area contributed by atoms with Gasteiger partial charge in [-0.05, 0) is 6.92 Å². The maximum Gasteiger partial charge on any atom is 0.315 e. The number of carbonyl (C=O) groups is 2. The number of nitrogens with one attached hydrogen (secondary N) is 1. The molecular formula is C8H10N2O3S. The summed E-state index contributed by atoms with van der Waals surface area (Å²) < 4.78 is 0. The van der Waals surface area contributed by atoms with Crippen LogP contribution in [0.4, 0.5) is 0 Å². The summed E-state index contributed by atoms with van der Waals surface area (Å²) in [5.74, 6) is -2.64. The normalized spacial score (nSPS) is 12.1. The van der Waals surface area contributed by atoms with Crippen molar-refractivity contribution in [3.05, 3.63) is 16.6 Å². The van der Waals surface area contributed by atoms with E-state index >= 15 is 0 Å². The van der Waals surface area contributed by atoms with Gasteiger partial charge in [-0.2, -0.15) is 0 Å². The number of hydrogen-bond acceptors (Lipinski definition) is 4. The first-order chi connectivity index (χ1) is 6.61. The minimum absolute atomic E-state index is 0.278. The number of aliphatic carboxylic acids is 1. The van der Waals surface area contributed by atoms with Crippen LogP contribution in [0.25, 0.3) is 0 Å². The number of hydrogen-bond donors (Lipinski definition) is 2. The molecule has 1 atom stereocenters. The lowest BCUT2D eigenvalue weighted by Crippen LogP contribution is -2.33. The Morgan fingerprint density at radius 3 is 2.93 bits per heavy atom. The second-order valence-electron chi connectivity index (χ2n) is 2.76. The lowest BCUT2D eigenvalue weighted by molar-refractivity contribution is -0.146. The highest BCUT2D eigenvalue weighted by Gasteiger charge is 2.19. The molecule has 2 N–H and O–H groups in total. The van der Waals surface area contributed by atoms with Crippen LogP contribution in [0.2, 0.25) is 0 Å². The third-order valence-corrected chi connectivity index (χ3v) is 2.33. The largest absolute Gasteiger partial charge is 0.481 e. The first-order valence-corrected chi connectivity index (χ1v) is 4.93. The van der Waals surface area contributed by atoms with Gasteiger partial charge in [0, 0.05) is 5.38 Å². The van der Waals surface area contributed by atoms with E-state index in [0.29, 0.717) is 0 Å². The average Bonchev–Trinajstić information content (AvgIpc) is 2.65. The Kier molecular flexibility index (Phi) is 3.58. The monoisotopic (exact) mass is 214 g/mol. The van der Waals surface area contributed by atoms with Crippen molar-refractivity contribution in [2.45, 2.75) is 13.5 Å². The number of carboxylic acids is 1. The summed E-state index contributed by atoms with van der Waals surface area (Å²) >= 11 is 1.43. The smallest absolute Gasteiger partial charge is 0.315 e. The SMILES string of the molecule is CC(C(=O)O)C(=O)NCc1cscn1. The zero-order valence-corrected chi connectivity index (χ0v) is 8.37. The fraction of sp³-hybridized carbons (Fsp3) is 0.375. The summed E-state index contributed by atoms with van der Waals surface area (Å²) in [7, 11) is 0. The van der Waals surface area contributed by atoms with Gasteiger partial charge in [0.15, 0.2) is 0 Å². The molecule has 1 amide bonds. The molecule has 0 aliphatic heterocycles. The highest BCUT2D eigenvalue weighted by Crippen LogP contribution is 2.01. The van der Waals surface area contributed by atoms with E-state index in [4.69, 9.17) is 5.11 Å². The van der Waals surface area contributed by atoms with Gasteiger partial charge in [-0.1, -0.05) is 0 Å². The first kappa shape index (κ1) is 10.6. The topological polar surface area (TPSA) is 79.3 Å². The highest BCUT2D eigenvalue weighted by molar-refractivity contribution is 7.07. The molecule has 1 aromatic rings. The van der Waals surface area contributed by atoms with Gasteiger partial charge in [0.25, 0.3) is 0 Å². The van der Waals surface area contributed by atoms with Crippen molar-refractivity contribution in [1.29, 1.82) is 0 Å². The number of carbonyl (C=O) groups excluding carboxylic acids is 1. The zero-order valence-electron chi connectivity index (χ0n) is 7.56. The zero-order chi connectivity index (χ0) is 10.6. The van der Waals surface area contributed by atoms with Crippen LogP contribution >= 0.6 is 11.3 Å². The van der Waals surface area contributed by atoms with Crippen LogP contribution in [-0.2, 0) is 16.1 Å². The van der Waals surface area contributed by atoms with Gasteiger partial charge >= 0.3 is 5.97 Å². The first-order valence-electron chi connectivity index (χ1n) is 3.99. The fourth-order valence-electron chi connectivity index (χ4n) is 0.768. The number of thiazole rings is 1. The van der Waals surface area contributed by atoms with Gasteiger partial charge < -0.3 is 10.4 Å². The van der Waals surface area contributed by atoms with Gasteiger partial charge in [0.2, 0.25) is 5.91 Å². The van der Waals surface area contributed by atoms with E-state index in [0.717, 1.165) is 5.69 Å². The van der Waals surface area contributed by atoms with Crippen LogP contribution in [0.3, 0.4) is 0 Å². The van der Waals surface area contributed by atoms with Gasteiger partial charge in [-0.15, -0.1) is 11.3 Å². The van der Waals surface area contributed by atoms with Gasteiger partial charge in [-0.3, -0.25) is 9.59 Å². The number of rotatable bonds is 4. The lowest BCUT2D eigenvalue weighted by Gasteiger charge is -2.06. The molecule has 14 heavy (non-hydrogen) atoms. The van der Waals surface area contributed by atoms with Crippen molar-refractivity contribution in [2.24, 2.45) is 5.92 Å². The molecule has 1 heterocycles. The van der Waals surface area contributed by atoms with E-state index in [9.17, 15) is 9.59 Å². The molecule has 0 saturated heterocycles. The molecule has 1 aromatic heterocycles. The number of amides is 1. The molecule has 5 nitrogen and oxygen atoms in total. The van der Waals surface area contributed by atoms with Crippen molar-refractivity contribution >= 4 is 23.2 Å². The van der Waals surface area contributed by atoms with E-state index < -0.39 is 17.8 Å². The Morgan fingerprint density at radius 2 is 2.43 bits per heavy atom. The van der Waals surface area contributed by atoms with Crippen LogP contribution in [0, 0.1) is 5.92 Å². The predicted molar refractivity (Wildman–Crippen MR) is 50.8 cm³/mol. The summed E-state index contributed by atoms with van der Waals surface area (Å²) in [5.41, 5.74) is 2.39. The van der Waals surface area contributed by atoms with Crippen LogP contribution in [0.5, 0.6) is 0 Å². The molecule has 0 bridgehead atoms. The Morgan fingerprint density at radius 1 is 1.71 bits per heavy atom. The summed E-state index contributed by atoms with van der Waals surface area (Å²) in [6.07, 6.45) is 0. The molecule has 0 saturated carbocycles. The molecule has 1 rings (SSSR count).